The summed E-state index contributed by atoms with van der Waals surface area (Å²) in [6, 6.07) is 12.5. The number of benzene rings is 5. The Labute approximate surface area is 802 Å². The summed E-state index contributed by atoms with van der Waals surface area (Å²) in [4.78, 5) is 278. The van der Waals surface area contributed by atoms with Gasteiger partial charge in [0.05, 0.1) is 25.2 Å². The molecule has 21 N–H and O–H groups in total. The second-order valence-corrected chi connectivity index (χ2v) is 36.9. The number of H-pyrrole nitrogens is 1. The Hall–Kier alpha value is -14.3. The highest BCUT2D eigenvalue weighted by Gasteiger charge is 2.44. The fourth-order valence-electron chi connectivity index (χ4n) is 15.6. The average molecular weight is 1930 g/mol. The highest BCUT2D eigenvalue weighted by Crippen LogP contribution is 2.26. The summed E-state index contributed by atoms with van der Waals surface area (Å²) in [6.45, 7) is 13.8. The van der Waals surface area contributed by atoms with E-state index in [0.717, 1.165) is 16.0 Å². The zero-order valence-corrected chi connectivity index (χ0v) is 79.6. The van der Waals surface area contributed by atoms with Crippen molar-refractivity contribution in [2.24, 2.45) is 35.1 Å². The normalized spacial score (nSPS) is 23.5. The number of aliphatic hydroxyl groups excluding tert-OH is 1. The Morgan fingerprint density at radius 2 is 0.913 bits per heavy atom. The number of ether oxygens (including phenoxy) is 1. The number of aromatic nitrogens is 1. The molecule has 2 aliphatic rings. The molecule has 0 aliphatic carbocycles. The third-order valence-corrected chi connectivity index (χ3v) is 24.3. The molecule has 15 atom stereocenters. The fraction of sp³-hybridized carbons (Fsp3) is 0.469. The summed E-state index contributed by atoms with van der Waals surface area (Å²) in [5.41, 5.74) is 15.0. The summed E-state index contributed by atoms with van der Waals surface area (Å²) in [6.07, 6.45) is -1.87. The fourth-order valence-corrected chi connectivity index (χ4v) is 16.4. The average Bonchev–Trinajstić information content (AvgIpc) is 1.64. The van der Waals surface area contributed by atoms with E-state index in [9.17, 15) is 72.9 Å². The Morgan fingerprint density at radius 3 is 1.44 bits per heavy atom. The number of amides is 17. The lowest BCUT2D eigenvalue weighted by Crippen LogP contribution is -2.62. The van der Waals surface area contributed by atoms with Crippen molar-refractivity contribution < 1.29 is 111 Å². The van der Waals surface area contributed by atoms with Crippen molar-refractivity contribution in [3.63, 3.8) is 0 Å². The van der Waals surface area contributed by atoms with Crippen LogP contribution < -0.4 is 85.3 Å². The molecule has 0 spiro atoms. The Kier molecular flexibility index (Phi) is 41.2. The van der Waals surface area contributed by atoms with E-state index in [4.69, 9.17) is 16.2 Å². The molecule has 6 aromatic rings. The van der Waals surface area contributed by atoms with Crippen LogP contribution in [0.2, 0.25) is 0 Å². The Bertz CT molecular complexity index is 5340. The van der Waals surface area contributed by atoms with Crippen LogP contribution in [-0.2, 0) is 117 Å². The molecule has 0 unspecified atom stereocenters. The molecule has 8 rings (SSSR count). The zero-order valence-electron chi connectivity index (χ0n) is 78.8. The van der Waals surface area contributed by atoms with E-state index in [0.29, 0.717) is 39.4 Å². The largest absolute Gasteiger partial charge is 0.482 e. The van der Waals surface area contributed by atoms with Crippen molar-refractivity contribution in [1.82, 2.24) is 83.9 Å². The summed E-state index contributed by atoms with van der Waals surface area (Å²) in [5.74, 6) is -23.8. The van der Waals surface area contributed by atoms with E-state index in [1.54, 1.807) is 127 Å². The molecule has 5 aromatic carbocycles. The number of nitrogens with one attached hydrogen (secondary N) is 14. The molecule has 42 heteroatoms. The molecule has 2 saturated heterocycles. The number of likely N-dealkylation sites (N-methyl/N-ethyl adjacent to an activating group) is 1. The van der Waals surface area contributed by atoms with E-state index in [1.165, 1.54) is 63.9 Å². The first-order chi connectivity index (χ1) is 65.4. The van der Waals surface area contributed by atoms with Gasteiger partial charge >= 0.3 is 11.9 Å². The monoisotopic (exact) mass is 1930 g/mol. The maximum atomic E-state index is 15.5. The van der Waals surface area contributed by atoms with Gasteiger partial charge in [-0.1, -0.05) is 171 Å². The topological polar surface area (TPSA) is 625 Å². The highest BCUT2D eigenvalue weighted by molar-refractivity contribution is 8.00. The van der Waals surface area contributed by atoms with Gasteiger partial charge in [-0.3, -0.25) is 86.3 Å². The first kappa shape index (κ1) is 109. The van der Waals surface area contributed by atoms with Crippen molar-refractivity contribution in [1.29, 1.82) is 0 Å². The van der Waals surface area contributed by atoms with E-state index >= 15 is 33.6 Å². The third-order valence-electron chi connectivity index (χ3n) is 23.2. The Morgan fingerprint density at radius 1 is 0.471 bits per heavy atom. The summed E-state index contributed by atoms with van der Waals surface area (Å²) >= 11 is 0.689. The van der Waals surface area contributed by atoms with Crippen LogP contribution >= 0.6 is 11.8 Å². The molecule has 17 amide bonds. The lowest BCUT2D eigenvalue weighted by atomic mass is 9.97. The number of primary amides is 2. The number of hydrogen-bond donors (Lipinski definition) is 19. The van der Waals surface area contributed by atoms with Gasteiger partial charge in [0, 0.05) is 62.1 Å². The van der Waals surface area contributed by atoms with Gasteiger partial charge in [-0.25, -0.2) is 4.79 Å². The second kappa shape index (κ2) is 52.1. The molecule has 41 nitrogen and oxygen atoms in total. The number of nitrogens with zero attached hydrogens (tertiary/aromatic N) is 2. The van der Waals surface area contributed by atoms with Crippen LogP contribution in [0.3, 0.4) is 0 Å². The lowest BCUT2D eigenvalue weighted by molar-refractivity contribution is -0.148. The number of carboxylic acid groups (broad SMARTS) is 2. The van der Waals surface area contributed by atoms with Crippen LogP contribution in [0.5, 0.6) is 5.75 Å². The minimum Gasteiger partial charge on any atom is -0.482 e. The van der Waals surface area contributed by atoms with Crippen molar-refractivity contribution in [3.8, 4) is 16.9 Å². The van der Waals surface area contributed by atoms with Crippen LogP contribution in [-0.4, -0.2) is 271 Å². The van der Waals surface area contributed by atoms with Gasteiger partial charge in [0.2, 0.25) is 100 Å². The molecule has 0 radical (unpaired) electrons. The van der Waals surface area contributed by atoms with Gasteiger partial charge in [-0.15, -0.1) is 11.8 Å². The highest BCUT2D eigenvalue weighted by atomic mass is 32.2. The van der Waals surface area contributed by atoms with E-state index in [-0.39, 0.29) is 68.7 Å². The van der Waals surface area contributed by atoms with Crippen LogP contribution in [0.15, 0.2) is 140 Å². The van der Waals surface area contributed by atoms with E-state index in [1.807, 2.05) is 30.3 Å². The number of fused-ring (bicyclic) bond motifs is 2. The zero-order chi connectivity index (χ0) is 101. The molecule has 0 saturated carbocycles. The molecular formula is C96H126N18O23S. The van der Waals surface area contributed by atoms with Gasteiger partial charge < -0.3 is 115 Å². The molecule has 2 fully saturated rings. The standard InChI is InChI=1S/C96H126N18O23S/c1-50(2)37-65-83(123)105-69(40-57-28-32-60(33-29-57)59-23-16-13-17-24-59)90(130)112-81(53(7)8)96(136)113(11)55(10)95(135)114-36-20-27-75(114)93(133)108-71(43-76(97)116)87(127)103-66(38-51(3)4)89(129)111-80(52(5)6)94(134)109-73(46-115)91(131)110-74(92(132)100-54(9)82(98)122)48-138-49-77(117)101-67(39-56-21-14-12-15-22-56)84(124)104-68(41-58-30-34-62(35-31-58)137-47-79(120)121)85(125)107-72(44-78(118)119)88(128)106-70(86(126)102-65)42-61-45-99-64-26-19-18-25-63(61)64/h12-19,21-26,28-35,45,50-55,65-75,80-81,99,115H,20,27,36-44,46-49H2,1-11H3,(H2,97,116)(H2,98,122)(H,100,132)(H,101,117)(H,102,126)(H,103,127)(H,104,124)(H,105,123)(H,106,128)(H,107,125)(H,108,133)(H,109,134)(H,110,131)(H,111,129)(H,112,130)(H,118,119)(H,120,121)/t54-,55-,65-,66-,67-,68-,69-,70-,71-,72-,73-,74-,75+,80-,81-/m0/s1. The summed E-state index contributed by atoms with van der Waals surface area (Å²) in [7, 11) is 1.30. The lowest BCUT2D eigenvalue weighted by Gasteiger charge is -2.34. The molecule has 1 aromatic heterocycles. The SMILES string of the molecule is CC(C)C[C@@H]1NC(=O)[C@H](Cc2c[nH]c3ccccc23)NC(=O)[C@H](CC(=O)O)NC(=O)[C@H](Cc2ccc(OCC(=O)O)cc2)NC(=O)[C@H](Cc2ccccc2)NC(=O)CSC[C@@H](C(=O)N[C@@H](C)C(N)=O)NC(=O)[C@H](CO)NC(=O)[C@H](C(C)C)NC(=O)[C@H](CC(C)C)NC(=O)[C@H](CC(N)=O)NC(=O)[C@H]2CCCN2C(=O)[C@H](C)N(C)C(=O)[C@H](C(C)C)NC(=O)[C@H](Cc2ccc(-c3ccccc3)cc2)NC1=O. The van der Waals surface area contributed by atoms with Crippen LogP contribution in [0, 0.1) is 23.7 Å². The van der Waals surface area contributed by atoms with Crippen molar-refractivity contribution in [2.45, 2.75) is 224 Å². The first-order valence-electron chi connectivity index (χ1n) is 45.5. The molecule has 2 aliphatic heterocycles. The number of thioether (sulfide) groups is 1. The van der Waals surface area contributed by atoms with Gasteiger partial charge in [0.25, 0.3) is 0 Å². The number of carbonyl (C=O) groups excluding carboxylic acids is 17. The molecule has 138 heavy (non-hydrogen) atoms. The predicted molar refractivity (Wildman–Crippen MR) is 507 cm³/mol. The minimum atomic E-state index is -2.10. The second-order valence-electron chi connectivity index (χ2n) is 35.9. The van der Waals surface area contributed by atoms with Crippen molar-refractivity contribution in [2.75, 3.05) is 38.3 Å². The van der Waals surface area contributed by atoms with E-state index < -0.39 is 265 Å². The number of aliphatic hydroxyl groups is 1. The van der Waals surface area contributed by atoms with Crippen molar-refractivity contribution in [3.05, 3.63) is 162 Å². The van der Waals surface area contributed by atoms with E-state index in [2.05, 4.69) is 74.1 Å². The molecule has 744 valence electrons. The minimum absolute atomic E-state index is 0.0126. The number of nitrogens with two attached hydrogens (primary N) is 2. The number of rotatable bonds is 26. The smallest absolute Gasteiger partial charge is 0.341 e. The summed E-state index contributed by atoms with van der Waals surface area (Å²) in [5, 5.41) is 64.7. The maximum absolute atomic E-state index is 15.5. The predicted octanol–water partition coefficient (Wildman–Crippen LogP) is -0.292. The number of carboxylic acids is 2. The van der Waals surface area contributed by atoms with Gasteiger partial charge in [-0.2, -0.15) is 0 Å². The Balaban J connectivity index is 1.21. The molecule has 0 bridgehead atoms. The first-order valence-corrected chi connectivity index (χ1v) is 46.7. The quantitative estimate of drug-likeness (QED) is 0.0332. The van der Waals surface area contributed by atoms with Gasteiger partial charge in [0.1, 0.15) is 96.4 Å². The molecule has 3 heterocycles. The van der Waals surface area contributed by atoms with Crippen LogP contribution in [0.25, 0.3) is 22.0 Å². The van der Waals surface area contributed by atoms with Gasteiger partial charge in [-0.05, 0) is 115 Å². The number of aliphatic carboxylic acids is 2. The maximum Gasteiger partial charge on any atom is 0.341 e. The third kappa shape index (κ3) is 32.7. The van der Waals surface area contributed by atoms with Crippen LogP contribution in [0.1, 0.15) is 130 Å². The summed E-state index contributed by atoms with van der Waals surface area (Å²) < 4.78 is 5.33. The number of hydrogen-bond acceptors (Lipinski definition) is 22. The van der Waals surface area contributed by atoms with Crippen molar-refractivity contribution >= 4 is 135 Å². The number of para-hydroxylation sites is 1. The molecular weight excluding hydrogens is 1810 g/mol. The number of aromatic amines is 1. The van der Waals surface area contributed by atoms with Crippen LogP contribution in [0.4, 0.5) is 0 Å². The number of carbonyl (C=O) groups is 19. The van der Waals surface area contributed by atoms with Gasteiger partial charge in [0.15, 0.2) is 6.61 Å².